The third-order valence-corrected chi connectivity index (χ3v) is 4.60. The molecule has 1 atom stereocenters. The van der Waals surface area contributed by atoms with Crippen LogP contribution in [0.2, 0.25) is 0 Å². The van der Waals surface area contributed by atoms with E-state index in [1.165, 1.54) is 16.0 Å². The van der Waals surface area contributed by atoms with Crippen molar-refractivity contribution >= 4 is 11.8 Å². The average molecular weight is 266 g/mol. The third kappa shape index (κ3) is 3.19. The van der Waals surface area contributed by atoms with Gasteiger partial charge in [-0.25, -0.2) is 0 Å². The highest BCUT2D eigenvalue weighted by atomic mass is 32.2. The first kappa shape index (κ1) is 13.7. The van der Waals surface area contributed by atoms with Crippen LogP contribution in [0.3, 0.4) is 0 Å². The van der Waals surface area contributed by atoms with Gasteiger partial charge < -0.3 is 15.0 Å². The lowest BCUT2D eigenvalue weighted by Crippen LogP contribution is -2.47. The van der Waals surface area contributed by atoms with E-state index in [1.807, 2.05) is 11.8 Å². The number of piperazine rings is 1. The second kappa shape index (κ2) is 5.95. The van der Waals surface area contributed by atoms with E-state index in [1.54, 1.807) is 7.11 Å². The van der Waals surface area contributed by atoms with Crippen LogP contribution in [0.5, 0.6) is 5.75 Å². The van der Waals surface area contributed by atoms with Gasteiger partial charge in [-0.3, -0.25) is 0 Å². The van der Waals surface area contributed by atoms with Crippen molar-refractivity contribution in [2.75, 3.05) is 33.8 Å². The fraction of sp³-hybridized carbons (Fsp3) is 0.571. The van der Waals surface area contributed by atoms with E-state index in [0.717, 1.165) is 25.4 Å². The molecule has 0 saturated carbocycles. The number of thioether (sulfide) groups is 1. The Labute approximate surface area is 114 Å². The number of nitrogens with one attached hydrogen (secondary N) is 1. The van der Waals surface area contributed by atoms with Gasteiger partial charge in [0.1, 0.15) is 5.75 Å². The number of nitrogens with zero attached hydrogens (tertiary/aromatic N) is 1. The Bertz CT molecular complexity index is 423. The van der Waals surface area contributed by atoms with Gasteiger partial charge in [-0.05, 0) is 44.2 Å². The number of hydrogen-bond donors (Lipinski definition) is 1. The second-order valence-electron chi connectivity index (χ2n) is 4.91. The maximum Gasteiger partial charge on any atom is 0.122 e. The van der Waals surface area contributed by atoms with Gasteiger partial charge in [0.05, 0.1) is 12.5 Å². The van der Waals surface area contributed by atoms with Gasteiger partial charge in [0.25, 0.3) is 0 Å². The van der Waals surface area contributed by atoms with Gasteiger partial charge in [-0.1, -0.05) is 0 Å². The van der Waals surface area contributed by atoms with Crippen molar-refractivity contribution in [1.29, 1.82) is 0 Å². The predicted molar refractivity (Wildman–Crippen MR) is 77.6 cm³/mol. The van der Waals surface area contributed by atoms with Crippen molar-refractivity contribution in [2.45, 2.75) is 24.1 Å². The lowest BCUT2D eigenvalue weighted by atomic mass is 10.1. The molecule has 1 aromatic rings. The number of methoxy groups -OCH3 is 1. The van der Waals surface area contributed by atoms with Crippen LogP contribution in [0.25, 0.3) is 0 Å². The minimum absolute atomic E-state index is 0.482. The molecule has 0 bridgehead atoms. The lowest BCUT2D eigenvalue weighted by molar-refractivity contribution is 0.278. The van der Waals surface area contributed by atoms with Crippen molar-refractivity contribution in [3.8, 4) is 5.75 Å². The van der Waals surface area contributed by atoms with Crippen molar-refractivity contribution < 1.29 is 4.74 Å². The molecule has 100 valence electrons. The molecule has 1 N–H and O–H groups in total. The summed E-state index contributed by atoms with van der Waals surface area (Å²) in [6.07, 6.45) is 0. The van der Waals surface area contributed by atoms with Gasteiger partial charge in [-0.15, -0.1) is 11.8 Å². The van der Waals surface area contributed by atoms with E-state index in [9.17, 15) is 0 Å². The molecule has 1 heterocycles. The number of likely N-dealkylation sites (N-methyl/N-ethyl adjacent to an activating group) is 1. The van der Waals surface area contributed by atoms with E-state index in [-0.39, 0.29) is 0 Å². The highest BCUT2D eigenvalue weighted by molar-refractivity contribution is 8.00. The number of aryl methyl sites for hydroxylation is 2. The van der Waals surface area contributed by atoms with Crippen LogP contribution in [0.4, 0.5) is 0 Å². The van der Waals surface area contributed by atoms with E-state index >= 15 is 0 Å². The minimum atomic E-state index is 0.482. The van der Waals surface area contributed by atoms with Crippen molar-refractivity contribution in [3.05, 3.63) is 23.3 Å². The van der Waals surface area contributed by atoms with E-state index < -0.39 is 0 Å². The van der Waals surface area contributed by atoms with Gasteiger partial charge >= 0.3 is 0 Å². The maximum atomic E-state index is 5.35. The SMILES string of the molecule is COc1cc(C)c(SC2CN(C)CCN2)cc1C. The molecular formula is C14H22N2OS. The quantitative estimate of drug-likeness (QED) is 0.907. The van der Waals surface area contributed by atoms with E-state index in [2.05, 4.69) is 43.2 Å². The molecule has 1 saturated heterocycles. The molecule has 1 fully saturated rings. The van der Waals surface area contributed by atoms with Crippen molar-refractivity contribution in [3.63, 3.8) is 0 Å². The fourth-order valence-corrected chi connectivity index (χ4v) is 3.52. The zero-order valence-corrected chi connectivity index (χ0v) is 12.4. The summed E-state index contributed by atoms with van der Waals surface area (Å²) >= 11 is 1.92. The summed E-state index contributed by atoms with van der Waals surface area (Å²) in [6.45, 7) is 7.55. The maximum absolute atomic E-state index is 5.35. The first-order valence-electron chi connectivity index (χ1n) is 6.34. The normalized spacial score (nSPS) is 21.0. The van der Waals surface area contributed by atoms with Crippen LogP contribution in [-0.4, -0.2) is 44.1 Å². The van der Waals surface area contributed by atoms with Crippen LogP contribution < -0.4 is 10.1 Å². The molecular weight excluding hydrogens is 244 g/mol. The predicted octanol–water partition coefficient (Wildman–Crippen LogP) is 2.27. The zero-order valence-electron chi connectivity index (χ0n) is 11.6. The lowest BCUT2D eigenvalue weighted by Gasteiger charge is -2.30. The highest BCUT2D eigenvalue weighted by Gasteiger charge is 2.18. The van der Waals surface area contributed by atoms with E-state index in [4.69, 9.17) is 4.74 Å². The Morgan fingerprint density at radius 1 is 1.33 bits per heavy atom. The van der Waals surface area contributed by atoms with Gasteiger partial charge in [0, 0.05) is 24.5 Å². The molecule has 4 heteroatoms. The van der Waals surface area contributed by atoms with Crippen LogP contribution >= 0.6 is 11.8 Å². The summed E-state index contributed by atoms with van der Waals surface area (Å²) in [5.74, 6) is 0.977. The van der Waals surface area contributed by atoms with Crippen LogP contribution in [0.15, 0.2) is 17.0 Å². The molecule has 1 aliphatic heterocycles. The second-order valence-corrected chi connectivity index (χ2v) is 6.15. The topological polar surface area (TPSA) is 24.5 Å². The first-order valence-corrected chi connectivity index (χ1v) is 7.22. The molecule has 1 aromatic carbocycles. The van der Waals surface area contributed by atoms with Gasteiger partial charge in [0.2, 0.25) is 0 Å². The summed E-state index contributed by atoms with van der Waals surface area (Å²) in [6, 6.07) is 4.36. The average Bonchev–Trinajstić information content (AvgIpc) is 2.33. The smallest absolute Gasteiger partial charge is 0.122 e. The number of ether oxygens (including phenoxy) is 1. The Hall–Kier alpha value is -0.710. The largest absolute Gasteiger partial charge is 0.496 e. The Balaban J connectivity index is 2.11. The third-order valence-electron chi connectivity index (χ3n) is 3.30. The summed E-state index contributed by atoms with van der Waals surface area (Å²) in [5.41, 5.74) is 2.49. The van der Waals surface area contributed by atoms with Crippen LogP contribution in [-0.2, 0) is 0 Å². The molecule has 0 aromatic heterocycles. The molecule has 3 nitrogen and oxygen atoms in total. The minimum Gasteiger partial charge on any atom is -0.496 e. The van der Waals surface area contributed by atoms with E-state index in [0.29, 0.717) is 5.37 Å². The van der Waals surface area contributed by atoms with Gasteiger partial charge in [0.15, 0.2) is 0 Å². The Kier molecular flexibility index (Phi) is 4.54. The molecule has 1 aliphatic rings. The zero-order chi connectivity index (χ0) is 13.1. The summed E-state index contributed by atoms with van der Waals surface area (Å²) < 4.78 is 5.35. The van der Waals surface area contributed by atoms with Crippen molar-refractivity contribution in [1.82, 2.24) is 10.2 Å². The molecule has 18 heavy (non-hydrogen) atoms. The summed E-state index contributed by atoms with van der Waals surface area (Å²) in [7, 11) is 3.91. The standard InChI is InChI=1S/C14H22N2OS/c1-10-8-13(11(2)7-12(10)17-4)18-14-9-16(3)6-5-15-14/h7-8,14-15H,5-6,9H2,1-4H3. The molecule has 2 rings (SSSR count). The fourth-order valence-electron chi connectivity index (χ4n) is 2.20. The van der Waals surface area contributed by atoms with Gasteiger partial charge in [-0.2, -0.15) is 0 Å². The molecule has 0 radical (unpaired) electrons. The number of benzene rings is 1. The molecule has 0 spiro atoms. The Morgan fingerprint density at radius 2 is 2.11 bits per heavy atom. The highest BCUT2D eigenvalue weighted by Crippen LogP contribution is 2.31. The molecule has 0 amide bonds. The monoisotopic (exact) mass is 266 g/mol. The van der Waals surface area contributed by atoms with Crippen LogP contribution in [0, 0.1) is 13.8 Å². The van der Waals surface area contributed by atoms with Crippen LogP contribution in [0.1, 0.15) is 11.1 Å². The first-order chi connectivity index (χ1) is 8.60. The summed E-state index contributed by atoms with van der Waals surface area (Å²) in [4.78, 5) is 3.72. The Morgan fingerprint density at radius 3 is 2.78 bits per heavy atom. The molecule has 0 aliphatic carbocycles. The summed E-state index contributed by atoms with van der Waals surface area (Å²) in [5, 5.41) is 4.05. The number of rotatable bonds is 3. The molecule has 1 unspecified atom stereocenters. The number of hydrogen-bond acceptors (Lipinski definition) is 4. The van der Waals surface area contributed by atoms with Crippen molar-refractivity contribution in [2.24, 2.45) is 0 Å².